The summed E-state index contributed by atoms with van der Waals surface area (Å²) in [6, 6.07) is 14.4. The van der Waals surface area contributed by atoms with Crippen LogP contribution in [-0.4, -0.2) is 48.0 Å². The zero-order chi connectivity index (χ0) is 24.8. The Morgan fingerprint density at radius 3 is 2.71 bits per heavy atom. The molecule has 4 rings (SSSR count). The minimum atomic E-state index is -3.76. The molecule has 1 unspecified atom stereocenters. The molecular weight excluding hydrogens is 469 g/mol. The summed E-state index contributed by atoms with van der Waals surface area (Å²) in [7, 11) is -3.76. The quantitative estimate of drug-likeness (QED) is 0.396. The number of aromatic nitrogens is 2. The Bertz CT molecular complexity index is 1280. The number of carbonyl (C=O) groups excluding carboxylic acids is 1. The standard InChI is InChI=1S/C26H28FN3O4S/c1-2-13-30-23(16-28-26(30)35(32,33)19-20-8-4-3-5-9-20)17-29(18-24-12-7-14-34-24)25(31)21-10-6-11-22(27)15-21/h2-6,8-11,15-16,24H,1,7,12-14,17-19H2. The zero-order valence-corrected chi connectivity index (χ0v) is 20.2. The highest BCUT2D eigenvalue weighted by molar-refractivity contribution is 7.90. The minimum absolute atomic E-state index is 0.0773. The van der Waals surface area contributed by atoms with Crippen LogP contribution in [-0.2, 0) is 33.4 Å². The summed E-state index contributed by atoms with van der Waals surface area (Å²) in [6.45, 7) is 4.99. The van der Waals surface area contributed by atoms with Gasteiger partial charge in [-0.05, 0) is 36.6 Å². The van der Waals surface area contributed by atoms with E-state index in [1.165, 1.54) is 24.4 Å². The highest BCUT2D eigenvalue weighted by atomic mass is 32.2. The van der Waals surface area contributed by atoms with E-state index < -0.39 is 15.7 Å². The molecule has 1 saturated heterocycles. The number of ether oxygens (including phenoxy) is 1. The lowest BCUT2D eigenvalue weighted by molar-refractivity contribution is 0.0501. The van der Waals surface area contributed by atoms with Crippen LogP contribution in [0.25, 0.3) is 0 Å². The second kappa shape index (κ2) is 11.0. The first kappa shape index (κ1) is 24.8. The van der Waals surface area contributed by atoms with Crippen LogP contribution in [0.4, 0.5) is 4.39 Å². The zero-order valence-electron chi connectivity index (χ0n) is 19.3. The first-order valence-corrected chi connectivity index (χ1v) is 13.1. The Labute approximate surface area is 204 Å². The molecule has 1 fully saturated rings. The number of hydrogen-bond donors (Lipinski definition) is 0. The number of amides is 1. The predicted octanol–water partition coefficient (Wildman–Crippen LogP) is 4.00. The maximum Gasteiger partial charge on any atom is 0.254 e. The molecule has 1 atom stereocenters. The molecule has 1 aliphatic rings. The lowest BCUT2D eigenvalue weighted by atomic mass is 10.1. The number of hydrogen-bond acceptors (Lipinski definition) is 5. The Kier molecular flexibility index (Phi) is 7.77. The van der Waals surface area contributed by atoms with E-state index in [4.69, 9.17) is 4.74 Å². The molecule has 1 amide bonds. The van der Waals surface area contributed by atoms with Crippen molar-refractivity contribution in [2.24, 2.45) is 0 Å². The Hall–Kier alpha value is -3.30. The lowest BCUT2D eigenvalue weighted by Gasteiger charge is -2.26. The third-order valence-corrected chi connectivity index (χ3v) is 7.45. The predicted molar refractivity (Wildman–Crippen MR) is 130 cm³/mol. The third-order valence-electron chi connectivity index (χ3n) is 5.85. The highest BCUT2D eigenvalue weighted by Crippen LogP contribution is 2.22. The number of carbonyl (C=O) groups is 1. The Morgan fingerprint density at radius 1 is 1.23 bits per heavy atom. The number of allylic oxidation sites excluding steroid dienone is 1. The van der Waals surface area contributed by atoms with E-state index >= 15 is 0 Å². The molecule has 0 saturated carbocycles. The number of nitrogens with zero attached hydrogens (tertiary/aromatic N) is 3. The minimum Gasteiger partial charge on any atom is -0.376 e. The van der Waals surface area contributed by atoms with Gasteiger partial charge in [-0.15, -0.1) is 6.58 Å². The van der Waals surface area contributed by atoms with E-state index in [9.17, 15) is 17.6 Å². The second-order valence-electron chi connectivity index (χ2n) is 8.51. The van der Waals surface area contributed by atoms with Crippen molar-refractivity contribution >= 4 is 15.7 Å². The van der Waals surface area contributed by atoms with Crippen molar-refractivity contribution in [3.63, 3.8) is 0 Å². The molecule has 2 aromatic carbocycles. The number of halogens is 1. The maximum atomic E-state index is 13.8. The molecule has 0 N–H and O–H groups in total. The molecule has 2 heterocycles. The van der Waals surface area contributed by atoms with Gasteiger partial charge in [0.15, 0.2) is 0 Å². The molecule has 0 spiro atoms. The van der Waals surface area contributed by atoms with Crippen LogP contribution in [0, 0.1) is 5.82 Å². The first-order chi connectivity index (χ1) is 16.9. The second-order valence-corrected chi connectivity index (χ2v) is 10.4. The fourth-order valence-corrected chi connectivity index (χ4v) is 5.70. The number of rotatable bonds is 10. The molecule has 0 radical (unpaired) electrons. The van der Waals surface area contributed by atoms with Gasteiger partial charge in [0.25, 0.3) is 5.91 Å². The summed E-state index contributed by atoms with van der Waals surface area (Å²) >= 11 is 0. The van der Waals surface area contributed by atoms with Gasteiger partial charge in [-0.3, -0.25) is 4.79 Å². The van der Waals surface area contributed by atoms with E-state index in [2.05, 4.69) is 11.6 Å². The average molecular weight is 498 g/mol. The van der Waals surface area contributed by atoms with Gasteiger partial charge in [-0.2, -0.15) is 0 Å². The fraction of sp³-hybridized carbons (Fsp3) is 0.308. The van der Waals surface area contributed by atoms with E-state index in [1.54, 1.807) is 45.9 Å². The van der Waals surface area contributed by atoms with Crippen molar-refractivity contribution in [1.29, 1.82) is 0 Å². The van der Waals surface area contributed by atoms with E-state index in [0.717, 1.165) is 12.8 Å². The lowest BCUT2D eigenvalue weighted by Crippen LogP contribution is -2.37. The van der Waals surface area contributed by atoms with Crippen LogP contribution in [0.3, 0.4) is 0 Å². The third kappa shape index (κ3) is 6.04. The highest BCUT2D eigenvalue weighted by Gasteiger charge is 2.28. The van der Waals surface area contributed by atoms with E-state index in [1.807, 2.05) is 6.07 Å². The van der Waals surface area contributed by atoms with Crippen LogP contribution < -0.4 is 0 Å². The SMILES string of the molecule is C=CCn1c(CN(CC2CCCO2)C(=O)c2cccc(F)c2)cnc1S(=O)(=O)Cc1ccccc1. The Morgan fingerprint density at radius 2 is 2.03 bits per heavy atom. The summed E-state index contributed by atoms with van der Waals surface area (Å²) in [5.74, 6) is -1.05. The molecule has 0 aliphatic carbocycles. The van der Waals surface area contributed by atoms with Crippen LogP contribution in [0.5, 0.6) is 0 Å². The molecule has 0 bridgehead atoms. The van der Waals surface area contributed by atoms with E-state index in [0.29, 0.717) is 24.4 Å². The molecular formula is C26H28FN3O4S. The number of imidazole rings is 1. The Balaban J connectivity index is 1.65. The van der Waals surface area contributed by atoms with Gasteiger partial charge < -0.3 is 14.2 Å². The van der Waals surface area contributed by atoms with Crippen LogP contribution >= 0.6 is 0 Å². The number of sulfone groups is 1. The number of benzene rings is 2. The van der Waals surface area contributed by atoms with Gasteiger partial charge in [0.05, 0.1) is 30.3 Å². The van der Waals surface area contributed by atoms with Crippen molar-refractivity contribution in [3.05, 3.63) is 96.1 Å². The molecule has 184 valence electrons. The molecule has 7 nitrogen and oxygen atoms in total. The maximum absolute atomic E-state index is 13.8. The summed E-state index contributed by atoms with van der Waals surface area (Å²) in [4.78, 5) is 19.1. The van der Waals surface area contributed by atoms with Crippen LogP contribution in [0.1, 0.15) is 34.5 Å². The van der Waals surface area contributed by atoms with Crippen molar-refractivity contribution in [1.82, 2.24) is 14.5 Å². The monoisotopic (exact) mass is 497 g/mol. The van der Waals surface area contributed by atoms with Crippen LogP contribution in [0.2, 0.25) is 0 Å². The summed E-state index contributed by atoms with van der Waals surface area (Å²) in [5.41, 5.74) is 1.41. The molecule has 35 heavy (non-hydrogen) atoms. The largest absolute Gasteiger partial charge is 0.376 e. The topological polar surface area (TPSA) is 81.5 Å². The average Bonchev–Trinajstić information content (AvgIpc) is 3.49. The van der Waals surface area contributed by atoms with Gasteiger partial charge >= 0.3 is 0 Å². The fourth-order valence-electron chi connectivity index (χ4n) is 4.20. The van der Waals surface area contributed by atoms with Gasteiger partial charge in [-0.25, -0.2) is 17.8 Å². The van der Waals surface area contributed by atoms with Crippen molar-refractivity contribution in [3.8, 4) is 0 Å². The normalized spacial score (nSPS) is 15.7. The summed E-state index contributed by atoms with van der Waals surface area (Å²) < 4.78 is 47.5. The van der Waals surface area contributed by atoms with Gasteiger partial charge in [0.2, 0.25) is 15.0 Å². The van der Waals surface area contributed by atoms with E-state index in [-0.39, 0.29) is 41.6 Å². The van der Waals surface area contributed by atoms with Crippen molar-refractivity contribution in [2.75, 3.05) is 13.2 Å². The molecule has 1 aromatic heterocycles. The van der Waals surface area contributed by atoms with Crippen molar-refractivity contribution < 1.29 is 22.3 Å². The molecule has 3 aromatic rings. The first-order valence-electron chi connectivity index (χ1n) is 11.5. The molecule has 1 aliphatic heterocycles. The van der Waals surface area contributed by atoms with Crippen LogP contribution in [0.15, 0.2) is 78.6 Å². The van der Waals surface area contributed by atoms with Crippen molar-refractivity contribution in [2.45, 2.75) is 42.9 Å². The smallest absolute Gasteiger partial charge is 0.254 e. The summed E-state index contributed by atoms with van der Waals surface area (Å²) in [6.07, 6.45) is 4.65. The van der Waals surface area contributed by atoms with Gasteiger partial charge in [0.1, 0.15) is 5.82 Å². The van der Waals surface area contributed by atoms with Gasteiger partial charge in [0, 0.05) is 25.3 Å². The van der Waals surface area contributed by atoms with Gasteiger partial charge in [-0.1, -0.05) is 42.5 Å². The molecule has 9 heteroatoms. The summed E-state index contributed by atoms with van der Waals surface area (Å²) in [5, 5.41) is -0.0773.